The van der Waals surface area contributed by atoms with Gasteiger partial charge in [0, 0.05) is 25.3 Å². The molecule has 1 aromatic rings. The SMILES string of the molecule is Cn1cc(C(=O)N2C3CCC2CC(O)C3)cn1. The number of carbonyl (C=O) groups is 1. The number of piperidine rings is 1. The van der Waals surface area contributed by atoms with Crippen LogP contribution in [-0.2, 0) is 7.05 Å². The normalized spacial score (nSPS) is 31.9. The first kappa shape index (κ1) is 10.8. The summed E-state index contributed by atoms with van der Waals surface area (Å²) in [6.07, 6.45) is 6.64. The summed E-state index contributed by atoms with van der Waals surface area (Å²) in [5, 5.41) is 13.7. The Balaban J connectivity index is 1.83. The summed E-state index contributed by atoms with van der Waals surface area (Å²) in [4.78, 5) is 14.3. The van der Waals surface area contributed by atoms with E-state index in [2.05, 4.69) is 5.10 Å². The average molecular weight is 235 g/mol. The van der Waals surface area contributed by atoms with Crippen LogP contribution in [0, 0.1) is 0 Å². The minimum atomic E-state index is -0.231. The van der Waals surface area contributed by atoms with Crippen LogP contribution in [0.3, 0.4) is 0 Å². The fourth-order valence-corrected chi connectivity index (χ4v) is 3.16. The second-order valence-corrected chi connectivity index (χ2v) is 5.13. The predicted octanol–water partition coefficient (Wildman–Crippen LogP) is 0.548. The van der Waals surface area contributed by atoms with Crippen LogP contribution in [0.2, 0.25) is 0 Å². The summed E-state index contributed by atoms with van der Waals surface area (Å²) >= 11 is 0. The first-order valence-electron chi connectivity index (χ1n) is 6.14. The zero-order valence-corrected chi connectivity index (χ0v) is 9.91. The first-order chi connectivity index (χ1) is 8.15. The highest BCUT2D eigenvalue weighted by atomic mass is 16.3. The number of hydrogen-bond acceptors (Lipinski definition) is 3. The third kappa shape index (κ3) is 1.74. The van der Waals surface area contributed by atoms with Crippen molar-refractivity contribution in [2.75, 3.05) is 0 Å². The molecule has 2 fully saturated rings. The van der Waals surface area contributed by atoms with Crippen molar-refractivity contribution in [2.24, 2.45) is 7.05 Å². The Morgan fingerprint density at radius 2 is 2.06 bits per heavy atom. The van der Waals surface area contributed by atoms with Crippen LogP contribution in [0.15, 0.2) is 12.4 Å². The number of aliphatic hydroxyl groups is 1. The second kappa shape index (κ2) is 3.84. The summed E-state index contributed by atoms with van der Waals surface area (Å²) in [7, 11) is 1.81. The number of fused-ring (bicyclic) bond motifs is 2. The minimum Gasteiger partial charge on any atom is -0.393 e. The fourth-order valence-electron chi connectivity index (χ4n) is 3.16. The van der Waals surface area contributed by atoms with Gasteiger partial charge in [0.1, 0.15) is 0 Å². The lowest BCUT2D eigenvalue weighted by Crippen LogP contribution is -2.47. The maximum Gasteiger partial charge on any atom is 0.257 e. The molecule has 2 aliphatic heterocycles. The van der Waals surface area contributed by atoms with Crippen molar-refractivity contribution in [1.29, 1.82) is 0 Å². The smallest absolute Gasteiger partial charge is 0.257 e. The van der Waals surface area contributed by atoms with Gasteiger partial charge in [-0.2, -0.15) is 5.10 Å². The van der Waals surface area contributed by atoms with Gasteiger partial charge in [0.25, 0.3) is 5.91 Å². The predicted molar refractivity (Wildman–Crippen MR) is 61.4 cm³/mol. The lowest BCUT2D eigenvalue weighted by molar-refractivity contribution is 0.0287. The quantitative estimate of drug-likeness (QED) is 0.773. The van der Waals surface area contributed by atoms with E-state index in [9.17, 15) is 9.90 Å². The first-order valence-corrected chi connectivity index (χ1v) is 6.14. The molecule has 3 heterocycles. The molecule has 0 aromatic carbocycles. The Bertz CT molecular complexity index is 429. The van der Waals surface area contributed by atoms with Gasteiger partial charge in [-0.1, -0.05) is 0 Å². The largest absolute Gasteiger partial charge is 0.393 e. The van der Waals surface area contributed by atoms with E-state index in [1.54, 1.807) is 17.1 Å². The minimum absolute atomic E-state index is 0.0671. The maximum atomic E-state index is 12.4. The standard InChI is InChI=1S/C12H17N3O2/c1-14-7-8(6-13-14)12(17)15-9-2-3-10(15)5-11(16)4-9/h6-7,9-11,16H,2-5H2,1H3. The van der Waals surface area contributed by atoms with E-state index in [1.807, 2.05) is 11.9 Å². The molecule has 17 heavy (non-hydrogen) atoms. The average Bonchev–Trinajstić information content (AvgIpc) is 2.81. The van der Waals surface area contributed by atoms with Gasteiger partial charge in [0.2, 0.25) is 0 Å². The second-order valence-electron chi connectivity index (χ2n) is 5.13. The molecule has 0 radical (unpaired) electrons. The van der Waals surface area contributed by atoms with Crippen LogP contribution in [0.1, 0.15) is 36.0 Å². The van der Waals surface area contributed by atoms with Crippen molar-refractivity contribution in [2.45, 2.75) is 43.9 Å². The van der Waals surface area contributed by atoms with Gasteiger partial charge < -0.3 is 10.0 Å². The van der Waals surface area contributed by atoms with Gasteiger partial charge in [0.05, 0.1) is 17.9 Å². The van der Waals surface area contributed by atoms with Gasteiger partial charge in [-0.25, -0.2) is 0 Å². The van der Waals surface area contributed by atoms with Crippen LogP contribution in [0.5, 0.6) is 0 Å². The molecule has 0 aliphatic carbocycles. The Kier molecular flexibility index (Phi) is 2.43. The molecule has 2 unspecified atom stereocenters. The summed E-state index contributed by atoms with van der Waals surface area (Å²) in [5.41, 5.74) is 0.654. The molecule has 1 aromatic heterocycles. The van der Waals surface area contributed by atoms with E-state index >= 15 is 0 Å². The third-order valence-corrected chi connectivity index (χ3v) is 3.89. The van der Waals surface area contributed by atoms with Crippen LogP contribution in [0.25, 0.3) is 0 Å². The summed E-state index contributed by atoms with van der Waals surface area (Å²) in [6.45, 7) is 0. The van der Waals surface area contributed by atoms with E-state index in [4.69, 9.17) is 0 Å². The number of amides is 1. The topological polar surface area (TPSA) is 58.4 Å². The Morgan fingerprint density at radius 1 is 1.41 bits per heavy atom. The molecule has 2 saturated heterocycles. The molecular formula is C12H17N3O2. The molecule has 1 N–H and O–H groups in total. The zero-order chi connectivity index (χ0) is 12.0. The number of rotatable bonds is 1. The maximum absolute atomic E-state index is 12.4. The molecule has 2 bridgehead atoms. The van der Waals surface area contributed by atoms with Crippen LogP contribution >= 0.6 is 0 Å². The highest BCUT2D eigenvalue weighted by Gasteiger charge is 2.43. The molecule has 2 aliphatic rings. The zero-order valence-electron chi connectivity index (χ0n) is 9.91. The van der Waals surface area contributed by atoms with E-state index in [0.29, 0.717) is 5.56 Å². The van der Waals surface area contributed by atoms with Crippen LogP contribution in [0.4, 0.5) is 0 Å². The summed E-state index contributed by atoms with van der Waals surface area (Å²) < 4.78 is 1.65. The number of carbonyl (C=O) groups excluding carboxylic acids is 1. The number of hydrogen-bond donors (Lipinski definition) is 1. The highest BCUT2D eigenvalue weighted by molar-refractivity contribution is 5.94. The lowest BCUT2D eigenvalue weighted by atomic mass is 9.99. The van der Waals surface area contributed by atoms with E-state index in [1.165, 1.54) is 0 Å². The van der Waals surface area contributed by atoms with Crippen molar-refractivity contribution in [3.05, 3.63) is 18.0 Å². The van der Waals surface area contributed by atoms with Crippen molar-refractivity contribution in [3.8, 4) is 0 Å². The number of aromatic nitrogens is 2. The van der Waals surface area contributed by atoms with Gasteiger partial charge in [0.15, 0.2) is 0 Å². The molecule has 0 spiro atoms. The molecule has 2 atom stereocenters. The lowest BCUT2D eigenvalue weighted by Gasteiger charge is -2.37. The van der Waals surface area contributed by atoms with E-state index in [-0.39, 0.29) is 24.1 Å². The molecule has 5 heteroatoms. The highest BCUT2D eigenvalue weighted by Crippen LogP contribution is 2.36. The van der Waals surface area contributed by atoms with Gasteiger partial charge >= 0.3 is 0 Å². The van der Waals surface area contributed by atoms with Crippen molar-refractivity contribution < 1.29 is 9.90 Å². The third-order valence-electron chi connectivity index (χ3n) is 3.89. The fraction of sp³-hybridized carbons (Fsp3) is 0.667. The number of aryl methyl sites for hydroxylation is 1. The Hall–Kier alpha value is -1.36. The molecular weight excluding hydrogens is 218 g/mol. The monoisotopic (exact) mass is 235 g/mol. The molecule has 3 rings (SSSR count). The van der Waals surface area contributed by atoms with Gasteiger partial charge in [-0.3, -0.25) is 9.48 Å². The van der Waals surface area contributed by atoms with Gasteiger partial charge in [-0.15, -0.1) is 0 Å². The Labute approximate surface area is 100 Å². The Morgan fingerprint density at radius 3 is 2.59 bits per heavy atom. The number of nitrogens with zero attached hydrogens (tertiary/aromatic N) is 3. The van der Waals surface area contributed by atoms with Crippen LogP contribution < -0.4 is 0 Å². The summed E-state index contributed by atoms with van der Waals surface area (Å²) in [5.74, 6) is 0.0671. The molecule has 92 valence electrons. The summed E-state index contributed by atoms with van der Waals surface area (Å²) in [6, 6.07) is 0.438. The van der Waals surface area contributed by atoms with Crippen molar-refractivity contribution in [1.82, 2.24) is 14.7 Å². The van der Waals surface area contributed by atoms with Crippen molar-refractivity contribution in [3.63, 3.8) is 0 Å². The van der Waals surface area contributed by atoms with E-state index < -0.39 is 0 Å². The van der Waals surface area contributed by atoms with Crippen LogP contribution in [-0.4, -0.2) is 43.9 Å². The molecule has 0 saturated carbocycles. The van der Waals surface area contributed by atoms with Gasteiger partial charge in [-0.05, 0) is 25.7 Å². The number of aliphatic hydroxyl groups excluding tert-OH is 1. The molecule has 5 nitrogen and oxygen atoms in total. The van der Waals surface area contributed by atoms with E-state index in [0.717, 1.165) is 25.7 Å². The van der Waals surface area contributed by atoms with Crippen molar-refractivity contribution >= 4 is 5.91 Å². The molecule has 1 amide bonds.